The molecule has 12 nitrogen and oxygen atoms in total. The van der Waals surface area contributed by atoms with Gasteiger partial charge in [0.15, 0.2) is 0 Å². The Morgan fingerprint density at radius 2 is 1.43 bits per heavy atom. The molecule has 12 heteroatoms. The molecule has 0 aromatic carbocycles. The van der Waals surface area contributed by atoms with Crippen molar-refractivity contribution in [1.82, 2.24) is 26.2 Å². The molecule has 0 aromatic heterocycles. The second kappa shape index (κ2) is 14.2. The molecule has 238 valence electrons. The molecule has 1 fully saturated rings. The minimum atomic E-state index is -1.11. The van der Waals surface area contributed by atoms with Crippen molar-refractivity contribution >= 4 is 35.5 Å². The molecule has 4 N–H and O–H groups in total. The molecule has 5 atom stereocenters. The summed E-state index contributed by atoms with van der Waals surface area (Å²) in [5.74, 6) is -3.35. The van der Waals surface area contributed by atoms with Crippen molar-refractivity contribution in [3.8, 4) is 0 Å². The minimum Gasteiger partial charge on any atom is -0.458 e. The average Bonchev–Trinajstić information content (AvgIpc) is 3.22. The highest BCUT2D eigenvalue weighted by Gasteiger charge is 2.45. The number of hydrogen-bond acceptors (Lipinski definition) is 7. The Balaban J connectivity index is 3.14. The number of Topliss-reactive ketones (excluding diaryl/α,β-unsaturated/α-hetero) is 1. The highest BCUT2D eigenvalue weighted by molar-refractivity contribution is 6.38. The molecular formula is C30H51N5O7. The number of esters is 1. The summed E-state index contributed by atoms with van der Waals surface area (Å²) >= 11 is 0. The number of rotatable bonds is 10. The van der Waals surface area contributed by atoms with Crippen molar-refractivity contribution in [3.63, 3.8) is 0 Å². The fourth-order valence-corrected chi connectivity index (χ4v) is 4.47. The van der Waals surface area contributed by atoms with E-state index in [0.29, 0.717) is 6.42 Å². The van der Waals surface area contributed by atoms with Gasteiger partial charge >= 0.3 is 12.0 Å². The summed E-state index contributed by atoms with van der Waals surface area (Å²) in [6.45, 7) is 23.1. The van der Waals surface area contributed by atoms with Gasteiger partial charge in [-0.05, 0) is 50.9 Å². The van der Waals surface area contributed by atoms with Gasteiger partial charge in [-0.3, -0.25) is 19.2 Å². The van der Waals surface area contributed by atoms with E-state index < -0.39 is 76.1 Å². The van der Waals surface area contributed by atoms with Crippen LogP contribution in [0.5, 0.6) is 0 Å². The maximum atomic E-state index is 13.9. The Bertz CT molecular complexity index is 1050. The van der Waals surface area contributed by atoms with Crippen molar-refractivity contribution in [2.24, 2.45) is 16.7 Å². The van der Waals surface area contributed by atoms with Crippen LogP contribution in [-0.2, 0) is 28.7 Å². The minimum absolute atomic E-state index is 0.0292. The Hall–Kier alpha value is -3.44. The van der Waals surface area contributed by atoms with E-state index in [9.17, 15) is 28.8 Å². The summed E-state index contributed by atoms with van der Waals surface area (Å²) < 4.78 is 5.51. The number of carbonyl (C=O) groups excluding carboxylic acids is 6. The first-order valence-electron chi connectivity index (χ1n) is 14.3. The highest BCUT2D eigenvalue weighted by atomic mass is 16.6. The average molecular weight is 594 g/mol. The summed E-state index contributed by atoms with van der Waals surface area (Å²) in [5, 5.41) is 10.3. The van der Waals surface area contributed by atoms with Crippen molar-refractivity contribution in [2.45, 2.75) is 112 Å². The van der Waals surface area contributed by atoms with Gasteiger partial charge in [0, 0.05) is 13.1 Å². The maximum absolute atomic E-state index is 13.9. The van der Waals surface area contributed by atoms with Crippen LogP contribution in [0.2, 0.25) is 0 Å². The van der Waals surface area contributed by atoms with Crippen molar-refractivity contribution in [1.29, 1.82) is 0 Å². The van der Waals surface area contributed by atoms with Crippen LogP contribution in [0.4, 0.5) is 4.79 Å². The Kier molecular flexibility index (Phi) is 12.3. The molecule has 0 aromatic rings. The molecule has 0 spiro atoms. The molecule has 4 unspecified atom stereocenters. The number of ether oxygens (including phenoxy) is 1. The summed E-state index contributed by atoms with van der Waals surface area (Å²) in [7, 11) is 0. The van der Waals surface area contributed by atoms with Gasteiger partial charge in [0.25, 0.3) is 5.91 Å². The molecule has 1 heterocycles. The topological polar surface area (TPSA) is 163 Å². The standard InChI is InChI=1S/C30H51N5O7/c1-13-14-31-24(38)20(36)18(3)32-23(37)19-15-17(2)16-35(19)25(39)21(28(4,5)6)33-27(41)34-22(29(7,8)9)26(40)42-30(10,11)12/h13,17-19,21-22H,1,14-16H2,2-12H3,(H,31,38)(H,32,37)(H2,33,34,41)/t17-,18?,19?,21?,22?/m1/s1. The Labute approximate surface area is 250 Å². The Morgan fingerprint density at radius 1 is 0.905 bits per heavy atom. The lowest BCUT2D eigenvalue weighted by atomic mass is 9.85. The van der Waals surface area contributed by atoms with Gasteiger partial charge in [0.2, 0.25) is 17.6 Å². The van der Waals surface area contributed by atoms with Crippen LogP contribution < -0.4 is 21.3 Å². The smallest absolute Gasteiger partial charge is 0.329 e. The quantitative estimate of drug-likeness (QED) is 0.171. The van der Waals surface area contributed by atoms with Crippen LogP contribution in [0.15, 0.2) is 12.7 Å². The number of nitrogens with zero attached hydrogens (tertiary/aromatic N) is 1. The second-order valence-corrected chi connectivity index (χ2v) is 14.2. The highest BCUT2D eigenvalue weighted by Crippen LogP contribution is 2.29. The van der Waals surface area contributed by atoms with Gasteiger partial charge < -0.3 is 30.9 Å². The zero-order valence-electron chi connectivity index (χ0n) is 27.1. The van der Waals surface area contributed by atoms with E-state index in [2.05, 4.69) is 27.8 Å². The molecule has 0 aliphatic carbocycles. The third-order valence-electron chi connectivity index (χ3n) is 6.65. The van der Waals surface area contributed by atoms with Gasteiger partial charge in [-0.25, -0.2) is 9.59 Å². The van der Waals surface area contributed by atoms with Crippen LogP contribution >= 0.6 is 0 Å². The molecule has 1 aliphatic rings. The first kappa shape index (κ1) is 36.6. The second-order valence-electron chi connectivity index (χ2n) is 14.2. The van der Waals surface area contributed by atoms with Crippen molar-refractivity contribution < 1.29 is 33.5 Å². The van der Waals surface area contributed by atoms with E-state index in [1.807, 2.05) is 6.92 Å². The van der Waals surface area contributed by atoms with E-state index in [0.717, 1.165) is 0 Å². The van der Waals surface area contributed by atoms with Crippen LogP contribution in [0.3, 0.4) is 0 Å². The number of amides is 5. The molecule has 0 bridgehead atoms. The van der Waals surface area contributed by atoms with Gasteiger partial charge in [0.05, 0.1) is 6.04 Å². The monoisotopic (exact) mass is 593 g/mol. The molecule has 5 amide bonds. The SMILES string of the molecule is C=CCNC(=O)C(=O)C(C)NC(=O)C1C[C@@H](C)CN1C(=O)C(NC(=O)NC(C(=O)OC(C)(C)C)C(C)(C)C)C(C)(C)C. The van der Waals surface area contributed by atoms with Crippen molar-refractivity contribution in [3.05, 3.63) is 12.7 Å². The van der Waals surface area contributed by atoms with Crippen LogP contribution in [0.25, 0.3) is 0 Å². The van der Waals surface area contributed by atoms with Crippen molar-refractivity contribution in [2.75, 3.05) is 13.1 Å². The predicted octanol–water partition coefficient (Wildman–Crippen LogP) is 2.07. The first-order chi connectivity index (χ1) is 19.0. The fourth-order valence-electron chi connectivity index (χ4n) is 4.47. The zero-order chi connectivity index (χ0) is 32.8. The van der Waals surface area contributed by atoms with Gasteiger partial charge in [-0.2, -0.15) is 0 Å². The van der Waals surface area contributed by atoms with Gasteiger partial charge in [0.1, 0.15) is 23.7 Å². The number of nitrogens with one attached hydrogen (secondary N) is 4. The number of hydrogen-bond donors (Lipinski definition) is 4. The zero-order valence-corrected chi connectivity index (χ0v) is 27.1. The van der Waals surface area contributed by atoms with Gasteiger partial charge in [-0.15, -0.1) is 6.58 Å². The summed E-state index contributed by atoms with van der Waals surface area (Å²) in [5.41, 5.74) is -2.22. The first-order valence-corrected chi connectivity index (χ1v) is 14.3. The number of ketones is 1. The maximum Gasteiger partial charge on any atom is 0.329 e. The molecule has 42 heavy (non-hydrogen) atoms. The largest absolute Gasteiger partial charge is 0.458 e. The summed E-state index contributed by atoms with van der Waals surface area (Å²) in [6, 6.07) is -4.80. The lowest BCUT2D eigenvalue weighted by molar-refractivity contribution is -0.160. The predicted molar refractivity (Wildman–Crippen MR) is 159 cm³/mol. The van der Waals surface area contributed by atoms with E-state index in [1.54, 1.807) is 62.3 Å². The molecular weight excluding hydrogens is 542 g/mol. The summed E-state index contributed by atoms with van der Waals surface area (Å²) in [6.07, 6.45) is 1.77. The van der Waals surface area contributed by atoms with Crippen LogP contribution in [0.1, 0.15) is 82.6 Å². The molecule has 0 radical (unpaired) electrons. The molecule has 1 aliphatic heterocycles. The van der Waals surface area contributed by atoms with E-state index in [4.69, 9.17) is 4.74 Å². The molecule has 1 saturated heterocycles. The lowest BCUT2D eigenvalue weighted by Gasteiger charge is -2.37. The van der Waals surface area contributed by atoms with E-state index >= 15 is 0 Å². The van der Waals surface area contributed by atoms with Crippen LogP contribution in [0, 0.1) is 16.7 Å². The fraction of sp³-hybridized carbons (Fsp3) is 0.733. The third-order valence-corrected chi connectivity index (χ3v) is 6.65. The third kappa shape index (κ3) is 10.8. The molecule has 0 saturated carbocycles. The van der Waals surface area contributed by atoms with Crippen LogP contribution in [-0.4, -0.2) is 83.3 Å². The summed E-state index contributed by atoms with van der Waals surface area (Å²) in [4.78, 5) is 79.1. The number of urea groups is 1. The van der Waals surface area contributed by atoms with E-state index in [1.165, 1.54) is 17.9 Å². The van der Waals surface area contributed by atoms with Gasteiger partial charge in [-0.1, -0.05) is 54.5 Å². The molecule has 1 rings (SSSR count). The lowest BCUT2D eigenvalue weighted by Crippen LogP contribution is -2.62. The Morgan fingerprint density at radius 3 is 1.90 bits per heavy atom. The number of likely N-dealkylation sites (tertiary alicyclic amines) is 1. The van der Waals surface area contributed by atoms with E-state index in [-0.39, 0.29) is 19.0 Å². The normalized spacial score (nSPS) is 19.5. The number of carbonyl (C=O) groups is 6.